The van der Waals surface area contributed by atoms with Crippen LogP contribution in [0.15, 0.2) is 10.9 Å². The largest absolute Gasteiger partial charge is 0.477 e. The van der Waals surface area contributed by atoms with Crippen LogP contribution in [0.4, 0.5) is 0 Å². The van der Waals surface area contributed by atoms with Gasteiger partial charge in [-0.3, -0.25) is 4.79 Å². The Morgan fingerprint density at radius 2 is 2.29 bits per heavy atom. The van der Waals surface area contributed by atoms with Gasteiger partial charge in [-0.1, -0.05) is 0 Å². The van der Waals surface area contributed by atoms with Crippen molar-refractivity contribution in [3.8, 4) is 5.88 Å². The molecule has 0 spiro atoms. The number of nitrogens with zero attached hydrogens (tertiary/aromatic N) is 1. The zero-order chi connectivity index (χ0) is 11.7. The van der Waals surface area contributed by atoms with Crippen LogP contribution in [-0.2, 0) is 0 Å². The molecular weight excluding hydrogens is 218 g/mol. The molecule has 1 aliphatic carbocycles. The fourth-order valence-electron chi connectivity index (χ4n) is 2.14. The topological polar surface area (TPSA) is 67.0 Å². The minimum atomic E-state index is -0.110. The summed E-state index contributed by atoms with van der Waals surface area (Å²) in [5, 5.41) is 3.29. The van der Waals surface area contributed by atoms with Crippen LogP contribution in [0.5, 0.6) is 5.88 Å². The zero-order valence-corrected chi connectivity index (χ0v) is 9.74. The van der Waals surface area contributed by atoms with Crippen molar-refractivity contribution in [1.29, 1.82) is 0 Å². The molecule has 1 saturated heterocycles. The highest BCUT2D eigenvalue weighted by atomic mass is 16.5. The predicted molar refractivity (Wildman–Crippen MR) is 63.3 cm³/mol. The van der Waals surface area contributed by atoms with Gasteiger partial charge in [0.2, 0.25) is 5.88 Å². The van der Waals surface area contributed by atoms with Gasteiger partial charge >= 0.3 is 0 Å². The Bertz CT molecular complexity index is 447. The molecule has 1 saturated carbocycles. The highest BCUT2D eigenvalue weighted by Crippen LogP contribution is 2.37. The molecule has 2 fully saturated rings. The number of H-pyrrole nitrogens is 1. The van der Waals surface area contributed by atoms with E-state index in [0.29, 0.717) is 24.3 Å². The van der Waals surface area contributed by atoms with Gasteiger partial charge in [-0.2, -0.15) is 4.98 Å². The van der Waals surface area contributed by atoms with Crippen molar-refractivity contribution in [2.24, 2.45) is 5.92 Å². The van der Waals surface area contributed by atoms with Crippen LogP contribution in [0.1, 0.15) is 31.0 Å². The SMILES string of the molecule is O=c1cc(OCC2CCNC2)nc(C2CC2)[nH]1. The molecule has 2 heterocycles. The molecule has 1 aliphatic heterocycles. The van der Waals surface area contributed by atoms with E-state index in [1.165, 1.54) is 6.07 Å². The first kappa shape index (κ1) is 10.8. The van der Waals surface area contributed by atoms with Crippen molar-refractivity contribution in [2.45, 2.75) is 25.2 Å². The van der Waals surface area contributed by atoms with E-state index in [0.717, 1.165) is 38.2 Å². The molecule has 92 valence electrons. The quantitative estimate of drug-likeness (QED) is 0.803. The van der Waals surface area contributed by atoms with Gasteiger partial charge in [-0.25, -0.2) is 0 Å². The Balaban J connectivity index is 1.66. The van der Waals surface area contributed by atoms with Gasteiger partial charge in [0.15, 0.2) is 0 Å². The predicted octanol–water partition coefficient (Wildman–Crippen LogP) is 0.636. The van der Waals surface area contributed by atoms with E-state index < -0.39 is 0 Å². The van der Waals surface area contributed by atoms with E-state index >= 15 is 0 Å². The molecule has 0 amide bonds. The molecule has 1 aromatic rings. The van der Waals surface area contributed by atoms with Crippen LogP contribution in [0, 0.1) is 5.92 Å². The van der Waals surface area contributed by atoms with Gasteiger partial charge in [0.05, 0.1) is 12.7 Å². The summed E-state index contributed by atoms with van der Waals surface area (Å²) in [7, 11) is 0. The van der Waals surface area contributed by atoms with Crippen molar-refractivity contribution in [1.82, 2.24) is 15.3 Å². The molecule has 0 radical (unpaired) electrons. The summed E-state index contributed by atoms with van der Waals surface area (Å²) < 4.78 is 5.62. The lowest BCUT2D eigenvalue weighted by atomic mass is 10.1. The summed E-state index contributed by atoms with van der Waals surface area (Å²) >= 11 is 0. The van der Waals surface area contributed by atoms with Gasteiger partial charge < -0.3 is 15.0 Å². The standard InChI is InChI=1S/C12H17N3O2/c16-10-5-11(15-12(14-10)9-1-2-9)17-7-8-3-4-13-6-8/h5,8-9,13H,1-4,6-7H2,(H,14,15,16). The van der Waals surface area contributed by atoms with Crippen LogP contribution in [0.3, 0.4) is 0 Å². The molecule has 0 bridgehead atoms. The van der Waals surface area contributed by atoms with Gasteiger partial charge in [0.25, 0.3) is 5.56 Å². The summed E-state index contributed by atoms with van der Waals surface area (Å²) in [6.07, 6.45) is 3.39. The second-order valence-electron chi connectivity index (χ2n) is 4.91. The molecule has 0 aromatic carbocycles. The second kappa shape index (κ2) is 4.49. The third-order valence-electron chi connectivity index (χ3n) is 3.33. The van der Waals surface area contributed by atoms with Gasteiger partial charge in [0, 0.05) is 18.4 Å². The van der Waals surface area contributed by atoms with Gasteiger partial charge in [-0.05, 0) is 25.8 Å². The fraction of sp³-hybridized carbons (Fsp3) is 0.667. The number of aromatic nitrogens is 2. The molecule has 17 heavy (non-hydrogen) atoms. The molecule has 1 aromatic heterocycles. The highest BCUT2D eigenvalue weighted by Gasteiger charge is 2.26. The molecule has 1 unspecified atom stereocenters. The van der Waals surface area contributed by atoms with E-state index in [2.05, 4.69) is 15.3 Å². The average molecular weight is 235 g/mol. The molecule has 5 heteroatoms. The number of hydrogen-bond acceptors (Lipinski definition) is 4. The third kappa shape index (κ3) is 2.66. The van der Waals surface area contributed by atoms with Crippen molar-refractivity contribution < 1.29 is 4.74 Å². The number of ether oxygens (including phenoxy) is 1. The maximum atomic E-state index is 11.5. The molecule has 2 aliphatic rings. The van der Waals surface area contributed by atoms with Crippen LogP contribution in [0.2, 0.25) is 0 Å². The van der Waals surface area contributed by atoms with Crippen LogP contribution in [0.25, 0.3) is 0 Å². The Hall–Kier alpha value is -1.36. The van der Waals surface area contributed by atoms with E-state index in [1.807, 2.05) is 0 Å². The number of nitrogens with one attached hydrogen (secondary N) is 2. The normalized spacial score (nSPS) is 23.9. The Labute approximate surface area is 99.6 Å². The molecule has 1 atom stereocenters. The van der Waals surface area contributed by atoms with Crippen LogP contribution in [-0.4, -0.2) is 29.7 Å². The maximum absolute atomic E-state index is 11.5. The first-order chi connectivity index (χ1) is 8.31. The zero-order valence-electron chi connectivity index (χ0n) is 9.74. The first-order valence-corrected chi connectivity index (χ1v) is 6.26. The van der Waals surface area contributed by atoms with E-state index in [-0.39, 0.29) is 5.56 Å². The van der Waals surface area contributed by atoms with Gasteiger partial charge in [0.1, 0.15) is 5.82 Å². The summed E-state index contributed by atoms with van der Waals surface area (Å²) in [4.78, 5) is 18.6. The number of hydrogen-bond donors (Lipinski definition) is 2. The van der Waals surface area contributed by atoms with Crippen molar-refractivity contribution >= 4 is 0 Å². The Kier molecular flexibility index (Phi) is 2.84. The monoisotopic (exact) mass is 235 g/mol. The number of rotatable bonds is 4. The average Bonchev–Trinajstić information content (AvgIpc) is 3.04. The second-order valence-corrected chi connectivity index (χ2v) is 4.91. The minimum Gasteiger partial charge on any atom is -0.477 e. The van der Waals surface area contributed by atoms with E-state index in [9.17, 15) is 4.79 Å². The van der Waals surface area contributed by atoms with E-state index in [4.69, 9.17) is 4.74 Å². The fourth-order valence-corrected chi connectivity index (χ4v) is 2.14. The summed E-state index contributed by atoms with van der Waals surface area (Å²) in [6, 6.07) is 1.44. The highest BCUT2D eigenvalue weighted by molar-refractivity contribution is 5.14. The van der Waals surface area contributed by atoms with Crippen LogP contribution < -0.4 is 15.6 Å². The van der Waals surface area contributed by atoms with Crippen molar-refractivity contribution in [2.75, 3.05) is 19.7 Å². The van der Waals surface area contributed by atoms with Crippen LogP contribution >= 0.6 is 0 Å². The minimum absolute atomic E-state index is 0.110. The summed E-state index contributed by atoms with van der Waals surface area (Å²) in [5.41, 5.74) is -0.110. The summed E-state index contributed by atoms with van der Waals surface area (Å²) in [5.74, 6) is 2.25. The van der Waals surface area contributed by atoms with Crippen molar-refractivity contribution in [3.63, 3.8) is 0 Å². The molecule has 5 nitrogen and oxygen atoms in total. The maximum Gasteiger partial charge on any atom is 0.254 e. The number of aromatic amines is 1. The van der Waals surface area contributed by atoms with Gasteiger partial charge in [-0.15, -0.1) is 0 Å². The Morgan fingerprint density at radius 1 is 1.41 bits per heavy atom. The molecule has 3 rings (SSSR count). The third-order valence-corrected chi connectivity index (χ3v) is 3.33. The summed E-state index contributed by atoms with van der Waals surface area (Å²) in [6.45, 7) is 2.70. The lowest BCUT2D eigenvalue weighted by Gasteiger charge is -2.10. The van der Waals surface area contributed by atoms with Crippen molar-refractivity contribution in [3.05, 3.63) is 22.2 Å². The lowest BCUT2D eigenvalue weighted by Crippen LogP contribution is -2.18. The smallest absolute Gasteiger partial charge is 0.254 e. The Morgan fingerprint density at radius 3 is 3.00 bits per heavy atom. The van der Waals surface area contributed by atoms with E-state index in [1.54, 1.807) is 0 Å². The first-order valence-electron chi connectivity index (χ1n) is 6.26. The lowest BCUT2D eigenvalue weighted by molar-refractivity contribution is 0.249. The molecular formula is C12H17N3O2. The molecule has 2 N–H and O–H groups in total.